The lowest BCUT2D eigenvalue weighted by molar-refractivity contribution is 0.0675. The van der Waals surface area contributed by atoms with E-state index in [0.29, 0.717) is 11.0 Å². The monoisotopic (exact) mass is 449 g/mol. The van der Waals surface area contributed by atoms with Gasteiger partial charge in [-0.2, -0.15) is 0 Å². The van der Waals surface area contributed by atoms with Crippen LogP contribution in [0.2, 0.25) is 5.02 Å². The SMILES string of the molecule is O=C(c1cc2ccccc2oc1=O)N(Cc1c(F)cccc1Cl)C1CCS(=O)(=O)C1. The highest BCUT2D eigenvalue weighted by atomic mass is 35.5. The molecule has 0 bridgehead atoms. The van der Waals surface area contributed by atoms with Gasteiger partial charge in [-0.05, 0) is 30.7 Å². The van der Waals surface area contributed by atoms with E-state index in [0.717, 1.165) is 0 Å². The van der Waals surface area contributed by atoms with Crippen molar-refractivity contribution in [2.24, 2.45) is 0 Å². The lowest BCUT2D eigenvalue weighted by Gasteiger charge is -2.28. The molecular formula is C21H17ClFNO5S. The van der Waals surface area contributed by atoms with Gasteiger partial charge in [-0.1, -0.05) is 35.9 Å². The first kappa shape index (κ1) is 20.6. The van der Waals surface area contributed by atoms with E-state index >= 15 is 0 Å². The third-order valence-corrected chi connectivity index (χ3v) is 7.28. The fraction of sp³-hybridized carbons (Fsp3) is 0.238. The predicted molar refractivity (Wildman–Crippen MR) is 111 cm³/mol. The third kappa shape index (κ3) is 3.97. The van der Waals surface area contributed by atoms with Gasteiger partial charge in [0.1, 0.15) is 17.0 Å². The van der Waals surface area contributed by atoms with Gasteiger partial charge >= 0.3 is 5.63 Å². The Kier molecular flexibility index (Phi) is 5.38. The van der Waals surface area contributed by atoms with Gasteiger partial charge in [0, 0.05) is 22.0 Å². The molecule has 30 heavy (non-hydrogen) atoms. The number of fused-ring (bicyclic) bond motifs is 1. The molecule has 2 heterocycles. The van der Waals surface area contributed by atoms with Crippen molar-refractivity contribution >= 4 is 38.3 Å². The van der Waals surface area contributed by atoms with Crippen LogP contribution in [0.4, 0.5) is 4.39 Å². The highest BCUT2D eigenvalue weighted by Crippen LogP contribution is 2.27. The summed E-state index contributed by atoms with van der Waals surface area (Å²) in [5.74, 6) is -1.69. The van der Waals surface area contributed by atoms with E-state index in [2.05, 4.69) is 0 Å². The van der Waals surface area contributed by atoms with Crippen molar-refractivity contribution in [1.29, 1.82) is 0 Å². The lowest BCUT2D eigenvalue weighted by atomic mass is 10.1. The molecule has 1 amide bonds. The number of carbonyl (C=O) groups is 1. The van der Waals surface area contributed by atoms with Crippen LogP contribution in [-0.2, 0) is 16.4 Å². The molecule has 0 aliphatic carbocycles. The van der Waals surface area contributed by atoms with E-state index in [1.165, 1.54) is 29.2 Å². The first-order valence-electron chi connectivity index (χ1n) is 9.22. The second-order valence-corrected chi connectivity index (χ2v) is 9.81. The Morgan fingerprint density at radius 2 is 1.97 bits per heavy atom. The van der Waals surface area contributed by atoms with Crippen LogP contribution in [0.15, 0.2) is 57.7 Å². The van der Waals surface area contributed by atoms with Crippen molar-refractivity contribution in [3.05, 3.63) is 80.9 Å². The summed E-state index contributed by atoms with van der Waals surface area (Å²) in [5, 5.41) is 0.655. The summed E-state index contributed by atoms with van der Waals surface area (Å²) < 4.78 is 43.7. The molecule has 6 nitrogen and oxygen atoms in total. The smallest absolute Gasteiger partial charge is 0.349 e. The molecule has 156 valence electrons. The van der Waals surface area contributed by atoms with E-state index in [4.69, 9.17) is 16.0 Å². The number of hydrogen-bond donors (Lipinski definition) is 0. The number of sulfone groups is 1. The maximum absolute atomic E-state index is 14.4. The Morgan fingerprint density at radius 1 is 1.20 bits per heavy atom. The van der Waals surface area contributed by atoms with Crippen LogP contribution in [0.1, 0.15) is 22.3 Å². The van der Waals surface area contributed by atoms with Crippen LogP contribution in [0.25, 0.3) is 11.0 Å². The second-order valence-electron chi connectivity index (χ2n) is 7.18. The fourth-order valence-electron chi connectivity index (χ4n) is 3.61. The van der Waals surface area contributed by atoms with Crippen LogP contribution in [0.3, 0.4) is 0 Å². The number of hydrogen-bond acceptors (Lipinski definition) is 5. The van der Waals surface area contributed by atoms with Gasteiger partial charge in [-0.3, -0.25) is 4.79 Å². The molecule has 0 spiro atoms. The molecule has 1 fully saturated rings. The minimum absolute atomic E-state index is 0.0574. The minimum Gasteiger partial charge on any atom is -0.422 e. The average Bonchev–Trinajstić information content (AvgIpc) is 3.06. The molecule has 1 atom stereocenters. The van der Waals surface area contributed by atoms with Gasteiger partial charge in [0.2, 0.25) is 0 Å². The molecular weight excluding hydrogens is 433 g/mol. The number of rotatable bonds is 4. The molecule has 1 aliphatic rings. The van der Waals surface area contributed by atoms with Crippen LogP contribution in [0.5, 0.6) is 0 Å². The molecule has 1 aromatic heterocycles. The Morgan fingerprint density at radius 3 is 2.67 bits per heavy atom. The second kappa shape index (κ2) is 7.85. The Labute approximate surface area is 176 Å². The van der Waals surface area contributed by atoms with E-state index in [9.17, 15) is 22.4 Å². The van der Waals surface area contributed by atoms with Crippen molar-refractivity contribution < 1.29 is 22.0 Å². The number of para-hydroxylation sites is 1. The lowest BCUT2D eigenvalue weighted by Crippen LogP contribution is -2.42. The number of halogens is 2. The zero-order valence-electron chi connectivity index (χ0n) is 15.7. The Balaban J connectivity index is 1.78. The Bertz CT molecular complexity index is 1280. The predicted octanol–water partition coefficient (Wildman–Crippen LogP) is 3.42. The van der Waals surface area contributed by atoms with Crippen LogP contribution in [0, 0.1) is 5.82 Å². The third-order valence-electron chi connectivity index (χ3n) is 5.17. The van der Waals surface area contributed by atoms with Gasteiger partial charge in [-0.15, -0.1) is 0 Å². The summed E-state index contributed by atoms with van der Waals surface area (Å²) in [5.41, 5.74) is -0.706. The largest absolute Gasteiger partial charge is 0.422 e. The quantitative estimate of drug-likeness (QED) is 0.570. The summed E-state index contributed by atoms with van der Waals surface area (Å²) >= 11 is 6.12. The highest BCUT2D eigenvalue weighted by molar-refractivity contribution is 7.91. The average molecular weight is 450 g/mol. The minimum atomic E-state index is -3.34. The van der Waals surface area contributed by atoms with Crippen LogP contribution >= 0.6 is 11.6 Å². The van der Waals surface area contributed by atoms with Gasteiger partial charge in [0.05, 0.1) is 18.1 Å². The van der Waals surface area contributed by atoms with E-state index in [1.807, 2.05) is 0 Å². The highest BCUT2D eigenvalue weighted by Gasteiger charge is 2.36. The molecule has 2 aromatic carbocycles. The molecule has 3 aromatic rings. The standard InChI is InChI=1S/C21H17ClFNO5S/c22-17-5-3-6-18(23)16(17)11-24(14-8-9-30(27,28)12-14)20(25)15-10-13-4-1-2-7-19(13)29-21(15)26/h1-7,10,14H,8-9,11-12H2. The molecule has 0 saturated carbocycles. The van der Waals surface area contributed by atoms with Gasteiger partial charge < -0.3 is 9.32 Å². The van der Waals surface area contributed by atoms with Crippen LogP contribution < -0.4 is 5.63 Å². The van der Waals surface area contributed by atoms with Gasteiger partial charge in [-0.25, -0.2) is 17.6 Å². The van der Waals surface area contributed by atoms with Crippen molar-refractivity contribution in [3.8, 4) is 0 Å². The fourth-order valence-corrected chi connectivity index (χ4v) is 5.56. The topological polar surface area (TPSA) is 84.7 Å². The first-order valence-corrected chi connectivity index (χ1v) is 11.4. The zero-order valence-corrected chi connectivity index (χ0v) is 17.2. The van der Waals surface area contributed by atoms with E-state index < -0.39 is 33.2 Å². The summed E-state index contributed by atoms with van der Waals surface area (Å²) in [6.45, 7) is -0.267. The van der Waals surface area contributed by atoms with Crippen molar-refractivity contribution in [3.63, 3.8) is 0 Å². The number of benzene rings is 2. The summed E-state index contributed by atoms with van der Waals surface area (Å²) in [6, 6.07) is 11.5. The van der Waals surface area contributed by atoms with Crippen LogP contribution in [-0.4, -0.2) is 36.8 Å². The number of nitrogens with zero attached hydrogens (tertiary/aromatic N) is 1. The summed E-state index contributed by atoms with van der Waals surface area (Å²) in [6.07, 6.45) is 0.194. The van der Waals surface area contributed by atoms with Crippen molar-refractivity contribution in [1.82, 2.24) is 4.90 Å². The molecule has 1 unspecified atom stereocenters. The molecule has 1 saturated heterocycles. The van der Waals surface area contributed by atoms with Crippen molar-refractivity contribution in [2.45, 2.75) is 19.0 Å². The summed E-state index contributed by atoms with van der Waals surface area (Å²) in [4.78, 5) is 27.0. The van der Waals surface area contributed by atoms with Gasteiger partial charge in [0.15, 0.2) is 9.84 Å². The summed E-state index contributed by atoms with van der Waals surface area (Å²) in [7, 11) is -3.34. The maximum atomic E-state index is 14.4. The number of amides is 1. The van der Waals surface area contributed by atoms with Crippen molar-refractivity contribution in [2.75, 3.05) is 11.5 Å². The molecule has 9 heteroatoms. The molecule has 4 rings (SSSR count). The van der Waals surface area contributed by atoms with E-state index in [1.54, 1.807) is 24.3 Å². The van der Waals surface area contributed by atoms with E-state index in [-0.39, 0.29) is 40.6 Å². The molecule has 1 aliphatic heterocycles. The van der Waals surface area contributed by atoms with Gasteiger partial charge in [0.25, 0.3) is 5.91 Å². The molecule has 0 radical (unpaired) electrons. The number of carbonyl (C=O) groups excluding carboxylic acids is 1. The Hall–Kier alpha value is -2.71. The zero-order chi connectivity index (χ0) is 21.5. The first-order chi connectivity index (χ1) is 14.2. The maximum Gasteiger partial charge on any atom is 0.349 e. The normalized spacial score (nSPS) is 17.9. The molecule has 0 N–H and O–H groups in total.